The number of carbonyl (C=O) groups is 1. The average Bonchev–Trinajstić information content (AvgIpc) is 3.06. The van der Waals surface area contributed by atoms with Crippen LogP contribution >= 0.6 is 11.8 Å². The molecule has 20 heavy (non-hydrogen) atoms. The van der Waals surface area contributed by atoms with Gasteiger partial charge in [0.1, 0.15) is 12.4 Å². The second kappa shape index (κ2) is 8.23. The van der Waals surface area contributed by atoms with Gasteiger partial charge in [-0.1, -0.05) is 11.8 Å². The van der Waals surface area contributed by atoms with E-state index in [0.29, 0.717) is 18.3 Å². The predicted molar refractivity (Wildman–Crippen MR) is 74.6 cm³/mol. The highest BCUT2D eigenvalue weighted by Crippen LogP contribution is 2.12. The van der Waals surface area contributed by atoms with Gasteiger partial charge in [-0.3, -0.25) is 9.89 Å². The van der Waals surface area contributed by atoms with Crippen LogP contribution in [-0.4, -0.2) is 59.3 Å². The van der Waals surface area contributed by atoms with Gasteiger partial charge in [-0.15, -0.1) is 5.10 Å². The molecule has 112 valence electrons. The largest absolute Gasteiger partial charge is 0.376 e. The van der Waals surface area contributed by atoms with Crippen LogP contribution in [0.25, 0.3) is 0 Å². The van der Waals surface area contributed by atoms with Crippen LogP contribution in [0.4, 0.5) is 0 Å². The molecule has 0 bridgehead atoms. The lowest BCUT2D eigenvalue weighted by Gasteiger charge is -2.10. The van der Waals surface area contributed by atoms with Crippen molar-refractivity contribution in [3.05, 3.63) is 5.82 Å². The van der Waals surface area contributed by atoms with Crippen LogP contribution in [0, 0.1) is 6.92 Å². The van der Waals surface area contributed by atoms with E-state index in [0.717, 1.165) is 31.0 Å². The quantitative estimate of drug-likeness (QED) is 0.537. The number of hydrogen-bond acceptors (Lipinski definition) is 6. The Hall–Kier alpha value is -1.12. The third-order valence-corrected chi connectivity index (χ3v) is 3.64. The van der Waals surface area contributed by atoms with Crippen molar-refractivity contribution in [3.63, 3.8) is 0 Å². The minimum Gasteiger partial charge on any atom is -0.376 e. The molecule has 2 heterocycles. The molecule has 8 heteroatoms. The monoisotopic (exact) mass is 300 g/mol. The molecular formula is C12H20N4O3S. The van der Waals surface area contributed by atoms with Gasteiger partial charge in [-0.25, -0.2) is 4.98 Å². The fourth-order valence-electron chi connectivity index (χ4n) is 1.83. The van der Waals surface area contributed by atoms with Crippen LogP contribution in [0.1, 0.15) is 18.7 Å². The van der Waals surface area contributed by atoms with E-state index in [2.05, 4.69) is 20.5 Å². The Kier molecular flexibility index (Phi) is 6.28. The molecule has 1 atom stereocenters. The zero-order chi connectivity index (χ0) is 14.2. The predicted octanol–water partition coefficient (Wildman–Crippen LogP) is 0.517. The first-order chi connectivity index (χ1) is 9.74. The highest BCUT2D eigenvalue weighted by molar-refractivity contribution is 7.99. The Labute approximate surface area is 122 Å². The van der Waals surface area contributed by atoms with Gasteiger partial charge in [0.2, 0.25) is 11.1 Å². The number of amides is 1. The van der Waals surface area contributed by atoms with Crippen molar-refractivity contribution in [2.45, 2.75) is 31.0 Å². The third-order valence-electron chi connectivity index (χ3n) is 2.79. The lowest BCUT2D eigenvalue weighted by atomic mass is 10.2. The van der Waals surface area contributed by atoms with Crippen LogP contribution in [-0.2, 0) is 14.3 Å². The van der Waals surface area contributed by atoms with Crippen molar-refractivity contribution in [1.82, 2.24) is 20.5 Å². The molecule has 1 aliphatic heterocycles. The van der Waals surface area contributed by atoms with Crippen molar-refractivity contribution in [2.75, 3.05) is 32.1 Å². The summed E-state index contributed by atoms with van der Waals surface area (Å²) in [7, 11) is 0. The van der Waals surface area contributed by atoms with Gasteiger partial charge in [0, 0.05) is 18.9 Å². The summed E-state index contributed by atoms with van der Waals surface area (Å²) in [6.45, 7) is 3.81. The van der Waals surface area contributed by atoms with E-state index >= 15 is 0 Å². The number of aromatic nitrogens is 3. The SMILES string of the molecule is Cc1nc(SCCNC(=O)COC[C@@H]2CCCO2)n[nH]1. The molecule has 1 saturated heterocycles. The van der Waals surface area contributed by atoms with Crippen LogP contribution in [0.15, 0.2) is 5.16 Å². The molecule has 0 radical (unpaired) electrons. The molecular weight excluding hydrogens is 280 g/mol. The molecule has 2 rings (SSSR count). The van der Waals surface area contributed by atoms with Crippen molar-refractivity contribution < 1.29 is 14.3 Å². The highest BCUT2D eigenvalue weighted by atomic mass is 32.2. The topological polar surface area (TPSA) is 89.1 Å². The molecule has 0 unspecified atom stereocenters. The normalized spacial score (nSPS) is 18.4. The lowest BCUT2D eigenvalue weighted by Crippen LogP contribution is -2.30. The van der Waals surface area contributed by atoms with Gasteiger partial charge < -0.3 is 14.8 Å². The number of thioether (sulfide) groups is 1. The van der Waals surface area contributed by atoms with Crippen LogP contribution in [0.2, 0.25) is 0 Å². The van der Waals surface area contributed by atoms with Gasteiger partial charge in [0.15, 0.2) is 0 Å². The number of rotatable bonds is 8. The molecule has 0 aromatic carbocycles. The Balaban J connectivity index is 1.47. The van der Waals surface area contributed by atoms with Gasteiger partial charge in [0.25, 0.3) is 0 Å². The Morgan fingerprint density at radius 1 is 1.65 bits per heavy atom. The zero-order valence-electron chi connectivity index (χ0n) is 11.6. The Bertz CT molecular complexity index is 421. The van der Waals surface area contributed by atoms with Crippen molar-refractivity contribution in [2.24, 2.45) is 0 Å². The third kappa shape index (κ3) is 5.48. The summed E-state index contributed by atoms with van der Waals surface area (Å²) < 4.78 is 10.7. The van der Waals surface area contributed by atoms with E-state index < -0.39 is 0 Å². The fourth-order valence-corrected chi connectivity index (χ4v) is 2.53. The maximum Gasteiger partial charge on any atom is 0.246 e. The number of H-pyrrole nitrogens is 1. The van der Waals surface area contributed by atoms with Crippen LogP contribution in [0.5, 0.6) is 0 Å². The number of carbonyl (C=O) groups excluding carboxylic acids is 1. The number of ether oxygens (including phenoxy) is 2. The number of nitrogens with zero attached hydrogens (tertiary/aromatic N) is 2. The first-order valence-corrected chi connectivity index (χ1v) is 7.70. The Morgan fingerprint density at radius 3 is 3.25 bits per heavy atom. The van der Waals surface area contributed by atoms with Gasteiger partial charge >= 0.3 is 0 Å². The van der Waals surface area contributed by atoms with E-state index in [1.807, 2.05) is 6.92 Å². The van der Waals surface area contributed by atoms with Crippen LogP contribution in [0.3, 0.4) is 0 Å². The summed E-state index contributed by atoms with van der Waals surface area (Å²) in [5.41, 5.74) is 0. The van der Waals surface area contributed by atoms with Crippen molar-refractivity contribution in [3.8, 4) is 0 Å². The summed E-state index contributed by atoms with van der Waals surface area (Å²) in [4.78, 5) is 15.7. The fraction of sp³-hybridized carbons (Fsp3) is 0.750. The average molecular weight is 300 g/mol. The molecule has 1 aliphatic rings. The van der Waals surface area contributed by atoms with E-state index in [1.54, 1.807) is 0 Å². The molecule has 1 amide bonds. The number of aromatic amines is 1. The van der Waals surface area contributed by atoms with Crippen molar-refractivity contribution >= 4 is 17.7 Å². The van der Waals surface area contributed by atoms with Gasteiger partial charge in [-0.05, 0) is 19.8 Å². The van der Waals surface area contributed by atoms with E-state index in [-0.39, 0.29) is 18.6 Å². The summed E-state index contributed by atoms with van der Waals surface area (Å²) >= 11 is 1.50. The summed E-state index contributed by atoms with van der Waals surface area (Å²) in [5, 5.41) is 10.3. The smallest absolute Gasteiger partial charge is 0.246 e. The molecule has 1 fully saturated rings. The van der Waals surface area contributed by atoms with E-state index in [4.69, 9.17) is 9.47 Å². The maximum atomic E-state index is 11.5. The second-order valence-electron chi connectivity index (χ2n) is 4.55. The summed E-state index contributed by atoms with van der Waals surface area (Å²) in [6.07, 6.45) is 2.26. The van der Waals surface area contributed by atoms with Crippen molar-refractivity contribution in [1.29, 1.82) is 0 Å². The van der Waals surface area contributed by atoms with E-state index in [9.17, 15) is 4.79 Å². The minimum atomic E-state index is -0.102. The minimum absolute atomic E-state index is 0.0876. The molecule has 7 nitrogen and oxygen atoms in total. The van der Waals surface area contributed by atoms with Crippen LogP contribution < -0.4 is 5.32 Å². The lowest BCUT2D eigenvalue weighted by molar-refractivity contribution is -0.126. The standard InChI is InChI=1S/C12H20N4O3S/c1-9-14-12(16-15-9)20-6-4-13-11(17)8-18-7-10-3-2-5-19-10/h10H,2-8H2,1H3,(H,13,17)(H,14,15,16)/t10-/m0/s1. The zero-order valence-corrected chi connectivity index (χ0v) is 12.4. The first kappa shape index (κ1) is 15.3. The maximum absolute atomic E-state index is 11.5. The highest BCUT2D eigenvalue weighted by Gasteiger charge is 2.15. The summed E-state index contributed by atoms with van der Waals surface area (Å²) in [5.74, 6) is 1.42. The number of nitrogens with one attached hydrogen (secondary N) is 2. The molecule has 0 saturated carbocycles. The molecule has 1 aromatic heterocycles. The molecule has 0 spiro atoms. The van der Waals surface area contributed by atoms with E-state index in [1.165, 1.54) is 11.8 Å². The summed E-state index contributed by atoms with van der Waals surface area (Å²) in [6, 6.07) is 0. The molecule has 1 aromatic rings. The molecule has 2 N–H and O–H groups in total. The molecule has 0 aliphatic carbocycles. The number of hydrogen-bond donors (Lipinski definition) is 2. The Morgan fingerprint density at radius 2 is 2.55 bits per heavy atom. The number of aryl methyl sites for hydroxylation is 1. The second-order valence-corrected chi connectivity index (χ2v) is 5.61. The first-order valence-electron chi connectivity index (χ1n) is 6.72. The van der Waals surface area contributed by atoms with Gasteiger partial charge in [-0.2, -0.15) is 0 Å². The van der Waals surface area contributed by atoms with Gasteiger partial charge in [0.05, 0.1) is 12.7 Å².